The van der Waals surface area contributed by atoms with Gasteiger partial charge in [-0.2, -0.15) is 0 Å². The minimum atomic E-state index is -1.07. The summed E-state index contributed by atoms with van der Waals surface area (Å²) in [6.45, 7) is 5.93. The normalized spacial score (nSPS) is 21.9. The number of halogens is 1. The molecule has 184 valence electrons. The van der Waals surface area contributed by atoms with Crippen molar-refractivity contribution in [2.24, 2.45) is 10.9 Å². The molecule has 9 nitrogen and oxygen atoms in total. The molecular weight excluding hydrogens is 472 g/mol. The molecule has 1 fully saturated rings. The Bertz CT molecular complexity index is 1150. The first kappa shape index (κ1) is 23.4. The Balaban J connectivity index is 1.29. The highest BCUT2D eigenvalue weighted by molar-refractivity contribution is 6.30. The van der Waals surface area contributed by atoms with Crippen LogP contribution in [0, 0.1) is 5.92 Å². The molecule has 2 aromatic rings. The largest absolute Gasteiger partial charge is 0.465 e. The van der Waals surface area contributed by atoms with Crippen molar-refractivity contribution in [2.75, 3.05) is 39.6 Å². The number of guanidine groups is 1. The van der Waals surface area contributed by atoms with E-state index in [1.54, 1.807) is 25.1 Å². The quantitative estimate of drug-likeness (QED) is 0.500. The average molecular weight is 499 g/mol. The van der Waals surface area contributed by atoms with Crippen LogP contribution in [0.3, 0.4) is 0 Å². The van der Waals surface area contributed by atoms with Gasteiger partial charge in [0, 0.05) is 37.7 Å². The van der Waals surface area contributed by atoms with E-state index in [0.717, 1.165) is 36.7 Å². The summed E-state index contributed by atoms with van der Waals surface area (Å²) in [6.07, 6.45) is 0. The molecule has 0 bridgehead atoms. The van der Waals surface area contributed by atoms with Crippen molar-refractivity contribution >= 4 is 29.4 Å². The molecule has 0 radical (unpaired) electrons. The van der Waals surface area contributed by atoms with Gasteiger partial charge in [0.1, 0.15) is 6.04 Å². The highest BCUT2D eigenvalue weighted by Crippen LogP contribution is 2.34. The Labute approximate surface area is 208 Å². The third-order valence-electron chi connectivity index (χ3n) is 6.34. The number of amides is 1. The van der Waals surface area contributed by atoms with Crippen LogP contribution in [0.1, 0.15) is 24.1 Å². The van der Waals surface area contributed by atoms with Gasteiger partial charge in [-0.15, -0.1) is 0 Å². The number of fused-ring (bicyclic) bond motifs is 1. The van der Waals surface area contributed by atoms with Crippen LogP contribution < -0.4 is 14.8 Å². The Morgan fingerprint density at radius 3 is 2.71 bits per heavy atom. The first-order valence-corrected chi connectivity index (χ1v) is 12.1. The molecule has 2 aromatic carbocycles. The van der Waals surface area contributed by atoms with Crippen LogP contribution in [0.15, 0.2) is 47.5 Å². The lowest BCUT2D eigenvalue weighted by Gasteiger charge is -2.39. The molecule has 1 saturated heterocycles. The minimum Gasteiger partial charge on any atom is -0.465 e. The number of hydrogen-bond acceptors (Lipinski definition) is 8. The fraction of sp³-hybridized carbons (Fsp3) is 0.400. The zero-order valence-corrected chi connectivity index (χ0v) is 20.2. The maximum Gasteiger partial charge on any atom is 0.321 e. The first-order valence-electron chi connectivity index (χ1n) is 11.7. The number of nitrogens with one attached hydrogen (secondary N) is 1. The molecule has 3 heterocycles. The Kier molecular flexibility index (Phi) is 6.79. The smallest absolute Gasteiger partial charge is 0.321 e. The molecular formula is C25H27ClN4O5. The Hall–Kier alpha value is -3.30. The number of carbonyl (C=O) groups is 2. The highest BCUT2D eigenvalue weighted by atomic mass is 35.5. The van der Waals surface area contributed by atoms with E-state index < -0.39 is 23.8 Å². The van der Waals surface area contributed by atoms with Crippen LogP contribution in [0.25, 0.3) is 0 Å². The number of ether oxygens (including phenoxy) is 3. The lowest BCUT2D eigenvalue weighted by atomic mass is 9.91. The number of rotatable bonds is 5. The van der Waals surface area contributed by atoms with Crippen molar-refractivity contribution in [3.63, 3.8) is 0 Å². The molecule has 1 N–H and O–H groups in total. The Morgan fingerprint density at radius 2 is 1.94 bits per heavy atom. The van der Waals surface area contributed by atoms with Gasteiger partial charge >= 0.3 is 5.97 Å². The molecule has 0 saturated carbocycles. The van der Waals surface area contributed by atoms with Crippen LogP contribution in [0.2, 0.25) is 5.02 Å². The maximum atomic E-state index is 13.0. The van der Waals surface area contributed by atoms with E-state index in [1.807, 2.05) is 23.1 Å². The van der Waals surface area contributed by atoms with Crippen LogP contribution in [0.5, 0.6) is 11.5 Å². The average Bonchev–Trinajstić information content (AvgIpc) is 3.32. The SMILES string of the molecule is CCOC(=O)[C@@H]1C(=O)NC(N2CCN(Cc3ccc4c(c3)OCO4)CC2)=N[C@H]1c1cccc(Cl)c1. The number of benzene rings is 2. The number of piperazine rings is 1. The van der Waals surface area contributed by atoms with E-state index in [2.05, 4.69) is 16.3 Å². The zero-order valence-electron chi connectivity index (χ0n) is 19.4. The number of esters is 1. The third-order valence-corrected chi connectivity index (χ3v) is 6.58. The summed E-state index contributed by atoms with van der Waals surface area (Å²) in [7, 11) is 0. The maximum absolute atomic E-state index is 13.0. The van der Waals surface area contributed by atoms with Crippen molar-refractivity contribution in [1.82, 2.24) is 15.1 Å². The van der Waals surface area contributed by atoms with E-state index in [4.69, 9.17) is 30.8 Å². The summed E-state index contributed by atoms with van der Waals surface area (Å²) in [5, 5.41) is 3.36. The number of nitrogens with zero attached hydrogens (tertiary/aromatic N) is 3. The van der Waals surface area contributed by atoms with Crippen LogP contribution in [-0.2, 0) is 20.9 Å². The van der Waals surface area contributed by atoms with E-state index in [1.165, 1.54) is 0 Å². The fourth-order valence-electron chi connectivity index (χ4n) is 4.57. The number of carbonyl (C=O) groups excluding carboxylic acids is 2. The predicted molar refractivity (Wildman–Crippen MR) is 129 cm³/mol. The number of hydrogen-bond donors (Lipinski definition) is 1. The van der Waals surface area contributed by atoms with Gasteiger partial charge in [-0.3, -0.25) is 19.8 Å². The van der Waals surface area contributed by atoms with Gasteiger partial charge in [-0.1, -0.05) is 29.8 Å². The summed E-state index contributed by atoms with van der Waals surface area (Å²) in [4.78, 5) is 34.9. The van der Waals surface area contributed by atoms with E-state index in [9.17, 15) is 9.59 Å². The van der Waals surface area contributed by atoms with Gasteiger partial charge in [0.25, 0.3) is 0 Å². The topological polar surface area (TPSA) is 92.7 Å². The molecule has 1 amide bonds. The standard InChI is InChI=1S/C25H27ClN4O5/c1-2-33-24(32)21-22(17-4-3-5-18(26)13-17)27-25(28-23(21)31)30-10-8-29(9-11-30)14-16-6-7-19-20(12-16)35-15-34-19/h3-7,12-13,21-22H,2,8-11,14-15H2,1H3,(H,27,28,31)/t21-,22-/m0/s1. The molecule has 35 heavy (non-hydrogen) atoms. The van der Waals surface area contributed by atoms with Gasteiger partial charge in [0.05, 0.1) is 6.61 Å². The van der Waals surface area contributed by atoms with E-state index in [0.29, 0.717) is 29.6 Å². The molecule has 10 heteroatoms. The summed E-state index contributed by atoms with van der Waals surface area (Å²) in [6, 6.07) is 12.4. The second-order valence-corrected chi connectivity index (χ2v) is 9.06. The fourth-order valence-corrected chi connectivity index (χ4v) is 4.77. The predicted octanol–water partition coefficient (Wildman–Crippen LogP) is 2.59. The summed E-state index contributed by atoms with van der Waals surface area (Å²) in [5.74, 6) is -0.0381. The van der Waals surface area contributed by atoms with Crippen molar-refractivity contribution in [1.29, 1.82) is 0 Å². The lowest BCUT2D eigenvalue weighted by molar-refractivity contribution is -0.153. The van der Waals surface area contributed by atoms with Crippen molar-refractivity contribution in [3.8, 4) is 11.5 Å². The molecule has 0 aliphatic carbocycles. The van der Waals surface area contributed by atoms with Gasteiger partial charge in [-0.25, -0.2) is 4.99 Å². The van der Waals surface area contributed by atoms with E-state index in [-0.39, 0.29) is 13.4 Å². The molecule has 0 unspecified atom stereocenters. The molecule has 2 atom stereocenters. The summed E-state index contributed by atoms with van der Waals surface area (Å²) < 4.78 is 16.0. The summed E-state index contributed by atoms with van der Waals surface area (Å²) in [5.41, 5.74) is 1.86. The van der Waals surface area contributed by atoms with Crippen LogP contribution >= 0.6 is 11.6 Å². The monoisotopic (exact) mass is 498 g/mol. The number of aliphatic imine (C=N–C) groups is 1. The van der Waals surface area contributed by atoms with Crippen LogP contribution in [0.4, 0.5) is 0 Å². The first-order chi connectivity index (χ1) is 17.0. The molecule has 5 rings (SSSR count). The molecule has 3 aliphatic heterocycles. The Morgan fingerprint density at radius 1 is 1.14 bits per heavy atom. The van der Waals surface area contributed by atoms with Gasteiger partial charge in [0.15, 0.2) is 17.4 Å². The van der Waals surface area contributed by atoms with E-state index >= 15 is 0 Å². The van der Waals surface area contributed by atoms with Gasteiger partial charge in [0.2, 0.25) is 18.7 Å². The van der Waals surface area contributed by atoms with Gasteiger partial charge < -0.3 is 19.1 Å². The minimum absolute atomic E-state index is 0.187. The van der Waals surface area contributed by atoms with Crippen molar-refractivity contribution in [3.05, 3.63) is 58.6 Å². The molecule has 3 aliphatic rings. The van der Waals surface area contributed by atoms with Crippen molar-refractivity contribution < 1.29 is 23.8 Å². The van der Waals surface area contributed by atoms with Crippen molar-refractivity contribution in [2.45, 2.75) is 19.5 Å². The second kappa shape index (κ2) is 10.1. The molecule has 0 spiro atoms. The summed E-state index contributed by atoms with van der Waals surface area (Å²) >= 11 is 6.19. The zero-order chi connectivity index (χ0) is 24.4. The van der Waals surface area contributed by atoms with Gasteiger partial charge in [-0.05, 0) is 42.3 Å². The third kappa shape index (κ3) is 5.06. The molecule has 0 aromatic heterocycles. The second-order valence-electron chi connectivity index (χ2n) is 8.62. The highest BCUT2D eigenvalue weighted by Gasteiger charge is 2.42. The lowest BCUT2D eigenvalue weighted by Crippen LogP contribution is -2.57. The van der Waals surface area contributed by atoms with Crippen LogP contribution in [-0.4, -0.2) is 67.2 Å².